The number of carbonyl (C=O) groups excluding carboxylic acids is 2. The van der Waals surface area contributed by atoms with Crippen LogP contribution < -0.4 is 5.32 Å². The van der Waals surface area contributed by atoms with Crippen molar-refractivity contribution < 1.29 is 19.5 Å². The second-order valence-electron chi connectivity index (χ2n) is 4.89. The van der Waals surface area contributed by atoms with Gasteiger partial charge >= 0.3 is 5.97 Å². The Balaban J connectivity index is 1.99. The maximum Gasteiger partial charge on any atom is 0.335 e. The molecule has 0 unspecified atom stereocenters. The predicted octanol–water partition coefficient (Wildman–Crippen LogP) is 0.735. The summed E-state index contributed by atoms with van der Waals surface area (Å²) in [6.07, 6.45) is 1.98. The second kappa shape index (κ2) is 5.73. The number of likely N-dealkylation sites (N-methyl/N-ethyl adjacent to an activating group) is 1. The third-order valence-corrected chi connectivity index (χ3v) is 3.03. The number of carbonyl (C=O) groups is 3. The van der Waals surface area contributed by atoms with Gasteiger partial charge in [0.2, 0.25) is 5.91 Å². The minimum atomic E-state index is -1.09. The first-order chi connectivity index (χ1) is 9.47. The van der Waals surface area contributed by atoms with E-state index in [9.17, 15) is 14.4 Å². The van der Waals surface area contributed by atoms with Crippen LogP contribution in [-0.4, -0.2) is 47.4 Å². The number of nitrogens with zero attached hydrogens (tertiary/aromatic N) is 1. The largest absolute Gasteiger partial charge is 0.478 e. The van der Waals surface area contributed by atoms with Crippen LogP contribution in [0.25, 0.3) is 0 Å². The number of hydrogen-bond acceptors (Lipinski definition) is 3. The van der Waals surface area contributed by atoms with Gasteiger partial charge in [-0.05, 0) is 31.0 Å². The fourth-order valence-corrected chi connectivity index (χ4v) is 1.79. The molecule has 0 spiro atoms. The number of carboxylic acid groups (broad SMARTS) is 1. The van der Waals surface area contributed by atoms with Gasteiger partial charge in [-0.15, -0.1) is 0 Å². The Bertz CT molecular complexity index is 552. The first-order valence-electron chi connectivity index (χ1n) is 6.35. The monoisotopic (exact) mass is 276 g/mol. The fraction of sp³-hybridized carbons (Fsp3) is 0.357. The van der Waals surface area contributed by atoms with Crippen molar-refractivity contribution in [3.8, 4) is 0 Å². The van der Waals surface area contributed by atoms with Gasteiger partial charge in [-0.25, -0.2) is 4.79 Å². The summed E-state index contributed by atoms with van der Waals surface area (Å²) < 4.78 is 0. The quantitative estimate of drug-likeness (QED) is 0.830. The molecule has 20 heavy (non-hydrogen) atoms. The van der Waals surface area contributed by atoms with Crippen LogP contribution in [0.5, 0.6) is 0 Å². The number of rotatable bonds is 5. The summed E-state index contributed by atoms with van der Waals surface area (Å²) >= 11 is 0. The Morgan fingerprint density at radius 3 is 2.55 bits per heavy atom. The van der Waals surface area contributed by atoms with E-state index in [4.69, 9.17) is 5.11 Å². The number of hydrogen-bond donors (Lipinski definition) is 2. The number of aromatic carboxylic acids is 1. The molecular weight excluding hydrogens is 260 g/mol. The van der Waals surface area contributed by atoms with E-state index < -0.39 is 5.97 Å². The number of benzene rings is 1. The smallest absolute Gasteiger partial charge is 0.335 e. The fourth-order valence-electron chi connectivity index (χ4n) is 1.79. The summed E-state index contributed by atoms with van der Waals surface area (Å²) in [6, 6.07) is 6.01. The predicted molar refractivity (Wildman–Crippen MR) is 71.5 cm³/mol. The third kappa shape index (κ3) is 3.57. The van der Waals surface area contributed by atoms with Crippen LogP contribution >= 0.6 is 0 Å². The molecule has 1 aliphatic carbocycles. The molecular formula is C14H16N2O4. The van der Waals surface area contributed by atoms with Crippen LogP contribution in [0.4, 0.5) is 0 Å². The van der Waals surface area contributed by atoms with Gasteiger partial charge in [-0.3, -0.25) is 9.59 Å². The molecule has 1 aromatic rings. The van der Waals surface area contributed by atoms with Crippen LogP contribution in [0.15, 0.2) is 24.3 Å². The molecule has 1 aromatic carbocycles. The zero-order chi connectivity index (χ0) is 14.7. The van der Waals surface area contributed by atoms with Gasteiger partial charge in [0.1, 0.15) is 0 Å². The highest BCUT2D eigenvalue weighted by Gasteiger charge is 2.24. The average molecular weight is 276 g/mol. The summed E-state index contributed by atoms with van der Waals surface area (Å²) in [5.41, 5.74) is 0.304. The molecule has 0 aromatic heterocycles. The SMILES string of the molecule is CN(CC(=O)NC1CC1)C(=O)c1cccc(C(=O)O)c1. The molecule has 6 heteroatoms. The summed E-state index contributed by atoms with van der Waals surface area (Å²) in [7, 11) is 1.52. The van der Waals surface area contributed by atoms with Gasteiger partial charge in [-0.2, -0.15) is 0 Å². The molecule has 2 rings (SSSR count). The zero-order valence-corrected chi connectivity index (χ0v) is 11.1. The summed E-state index contributed by atoms with van der Waals surface area (Å²) in [5.74, 6) is -1.66. The van der Waals surface area contributed by atoms with E-state index >= 15 is 0 Å². The number of nitrogens with one attached hydrogen (secondary N) is 1. The van der Waals surface area contributed by atoms with Crippen molar-refractivity contribution in [2.75, 3.05) is 13.6 Å². The number of carboxylic acids is 1. The Kier molecular flexibility index (Phi) is 4.02. The number of amides is 2. The molecule has 0 saturated heterocycles. The topological polar surface area (TPSA) is 86.7 Å². The molecule has 0 aliphatic heterocycles. The van der Waals surface area contributed by atoms with E-state index in [2.05, 4.69) is 5.32 Å². The highest BCUT2D eigenvalue weighted by Crippen LogP contribution is 2.18. The molecule has 1 fully saturated rings. The lowest BCUT2D eigenvalue weighted by atomic mass is 10.1. The molecule has 0 radical (unpaired) electrons. The van der Waals surface area contributed by atoms with Gasteiger partial charge in [0.25, 0.3) is 5.91 Å². The van der Waals surface area contributed by atoms with E-state index in [1.807, 2.05) is 0 Å². The van der Waals surface area contributed by atoms with Crippen LogP contribution in [-0.2, 0) is 4.79 Å². The Morgan fingerprint density at radius 2 is 1.95 bits per heavy atom. The molecule has 0 atom stereocenters. The molecule has 2 N–H and O–H groups in total. The van der Waals surface area contributed by atoms with Crippen LogP contribution in [0.3, 0.4) is 0 Å². The van der Waals surface area contributed by atoms with Crippen molar-refractivity contribution in [2.24, 2.45) is 0 Å². The second-order valence-corrected chi connectivity index (χ2v) is 4.89. The van der Waals surface area contributed by atoms with Crippen molar-refractivity contribution in [1.82, 2.24) is 10.2 Å². The lowest BCUT2D eigenvalue weighted by Crippen LogP contribution is -2.39. The molecule has 1 aliphatic rings. The average Bonchev–Trinajstić information content (AvgIpc) is 3.21. The molecule has 0 bridgehead atoms. The van der Waals surface area contributed by atoms with Crippen molar-refractivity contribution in [3.05, 3.63) is 35.4 Å². The highest BCUT2D eigenvalue weighted by molar-refractivity contribution is 5.98. The lowest BCUT2D eigenvalue weighted by Gasteiger charge is -2.17. The molecule has 6 nitrogen and oxygen atoms in total. The standard InChI is InChI=1S/C14H16N2O4/c1-16(8-12(17)15-11-5-6-11)13(18)9-3-2-4-10(7-9)14(19)20/h2-4,7,11H,5-6,8H2,1H3,(H,15,17)(H,19,20). The lowest BCUT2D eigenvalue weighted by molar-refractivity contribution is -0.121. The maximum absolute atomic E-state index is 12.1. The van der Waals surface area contributed by atoms with Crippen molar-refractivity contribution in [1.29, 1.82) is 0 Å². The summed E-state index contributed by atoms with van der Waals surface area (Å²) in [4.78, 5) is 35.9. The van der Waals surface area contributed by atoms with Crippen LogP contribution in [0.2, 0.25) is 0 Å². The third-order valence-electron chi connectivity index (χ3n) is 3.03. The molecule has 1 saturated carbocycles. The van der Waals surface area contributed by atoms with Gasteiger partial charge in [-0.1, -0.05) is 6.07 Å². The van der Waals surface area contributed by atoms with Gasteiger partial charge in [0.15, 0.2) is 0 Å². The highest BCUT2D eigenvalue weighted by atomic mass is 16.4. The van der Waals surface area contributed by atoms with Crippen molar-refractivity contribution in [2.45, 2.75) is 18.9 Å². The molecule has 106 valence electrons. The zero-order valence-electron chi connectivity index (χ0n) is 11.1. The van der Waals surface area contributed by atoms with Crippen molar-refractivity contribution >= 4 is 17.8 Å². The van der Waals surface area contributed by atoms with Crippen LogP contribution in [0, 0.1) is 0 Å². The normalized spacial score (nSPS) is 13.7. The summed E-state index contributed by atoms with van der Waals surface area (Å²) in [6.45, 7) is -0.0351. The van der Waals surface area contributed by atoms with Gasteiger partial charge in [0, 0.05) is 18.7 Å². The summed E-state index contributed by atoms with van der Waals surface area (Å²) in [5, 5.41) is 11.7. The Morgan fingerprint density at radius 1 is 1.30 bits per heavy atom. The van der Waals surface area contributed by atoms with Gasteiger partial charge < -0.3 is 15.3 Å². The first-order valence-corrected chi connectivity index (χ1v) is 6.35. The van der Waals surface area contributed by atoms with E-state index in [0.29, 0.717) is 0 Å². The van der Waals surface area contributed by atoms with E-state index in [-0.39, 0.29) is 35.5 Å². The van der Waals surface area contributed by atoms with E-state index in [0.717, 1.165) is 12.8 Å². The Hall–Kier alpha value is -2.37. The first kappa shape index (κ1) is 14.0. The molecule has 2 amide bonds. The maximum atomic E-state index is 12.1. The minimum absolute atomic E-state index is 0.0351. The van der Waals surface area contributed by atoms with Crippen LogP contribution in [0.1, 0.15) is 33.6 Å². The van der Waals surface area contributed by atoms with E-state index in [1.165, 1.54) is 36.2 Å². The van der Waals surface area contributed by atoms with E-state index in [1.54, 1.807) is 0 Å². The minimum Gasteiger partial charge on any atom is -0.478 e. The molecule has 0 heterocycles. The van der Waals surface area contributed by atoms with Gasteiger partial charge in [0.05, 0.1) is 12.1 Å². The van der Waals surface area contributed by atoms with Crippen molar-refractivity contribution in [3.63, 3.8) is 0 Å². The Labute approximate surface area is 116 Å².